The Hall–Kier alpha value is -0.870. The maximum atomic E-state index is 11.0. The number of halogens is 1. The van der Waals surface area contributed by atoms with Gasteiger partial charge in [-0.15, -0.1) is 0 Å². The largest absolute Gasteiger partial charge is 0.481 e. The van der Waals surface area contributed by atoms with Crippen LogP contribution in [0.5, 0.6) is 0 Å². The van der Waals surface area contributed by atoms with Gasteiger partial charge in [0.05, 0.1) is 5.92 Å². The lowest BCUT2D eigenvalue weighted by molar-refractivity contribution is -0.139. The molecule has 0 amide bonds. The molecule has 0 radical (unpaired) electrons. The molecule has 0 aromatic heterocycles. The monoisotopic (exact) mass is 272 g/mol. The number of carbonyl (C=O) groups is 1. The van der Waals surface area contributed by atoms with E-state index < -0.39 is 11.9 Å². The van der Waals surface area contributed by atoms with E-state index in [1.807, 2.05) is 24.3 Å². The van der Waals surface area contributed by atoms with Gasteiger partial charge in [0.1, 0.15) is 0 Å². The van der Waals surface area contributed by atoms with Crippen LogP contribution in [0.15, 0.2) is 28.7 Å². The maximum Gasteiger partial charge on any atom is 0.311 e. The summed E-state index contributed by atoms with van der Waals surface area (Å²) in [5.74, 6) is -1.30. The summed E-state index contributed by atoms with van der Waals surface area (Å²) in [5.41, 5.74) is 0.808. The van der Waals surface area contributed by atoms with E-state index in [1.165, 1.54) is 0 Å². The van der Waals surface area contributed by atoms with Crippen molar-refractivity contribution >= 4 is 21.9 Å². The van der Waals surface area contributed by atoms with Gasteiger partial charge in [0.25, 0.3) is 0 Å². The number of ether oxygens (including phenoxy) is 1. The predicted molar refractivity (Wildman–Crippen MR) is 61.0 cm³/mol. The first-order valence-corrected chi connectivity index (χ1v) is 5.41. The number of rotatable bonds is 5. The molecule has 1 atom stereocenters. The number of benzene rings is 1. The van der Waals surface area contributed by atoms with Gasteiger partial charge in [0.15, 0.2) is 0 Å². The molecule has 1 rings (SSSR count). The standard InChI is InChI=1S/C11H13BrO3/c1-15-7-6-10(11(13)14)8-2-4-9(12)5-3-8/h2-5,10H,6-7H2,1H3,(H,13,14). The van der Waals surface area contributed by atoms with Crippen LogP contribution in [0, 0.1) is 0 Å². The number of aliphatic carboxylic acids is 1. The van der Waals surface area contributed by atoms with E-state index in [2.05, 4.69) is 15.9 Å². The van der Waals surface area contributed by atoms with E-state index in [9.17, 15) is 4.79 Å². The number of carboxylic acids is 1. The normalized spacial score (nSPS) is 12.4. The van der Waals surface area contributed by atoms with Crippen molar-refractivity contribution in [2.24, 2.45) is 0 Å². The van der Waals surface area contributed by atoms with Crippen molar-refractivity contribution in [2.75, 3.05) is 13.7 Å². The molecule has 15 heavy (non-hydrogen) atoms. The average Bonchev–Trinajstić information content (AvgIpc) is 2.21. The second-order valence-electron chi connectivity index (χ2n) is 3.22. The van der Waals surface area contributed by atoms with Crippen LogP contribution in [0.2, 0.25) is 0 Å². The third kappa shape index (κ3) is 3.64. The van der Waals surface area contributed by atoms with Crippen molar-refractivity contribution in [1.29, 1.82) is 0 Å². The number of hydrogen-bond acceptors (Lipinski definition) is 2. The molecule has 0 saturated heterocycles. The highest BCUT2D eigenvalue weighted by molar-refractivity contribution is 9.10. The lowest BCUT2D eigenvalue weighted by atomic mass is 9.96. The van der Waals surface area contributed by atoms with Gasteiger partial charge in [0, 0.05) is 18.2 Å². The summed E-state index contributed by atoms with van der Waals surface area (Å²) in [5, 5.41) is 9.06. The molecule has 4 heteroatoms. The number of methoxy groups -OCH3 is 1. The minimum Gasteiger partial charge on any atom is -0.481 e. The van der Waals surface area contributed by atoms with Crippen molar-refractivity contribution in [3.05, 3.63) is 34.3 Å². The van der Waals surface area contributed by atoms with E-state index in [1.54, 1.807) is 7.11 Å². The Morgan fingerprint density at radius 2 is 2.07 bits per heavy atom. The molecule has 0 spiro atoms. The summed E-state index contributed by atoms with van der Waals surface area (Å²) in [6.45, 7) is 0.451. The molecule has 0 aliphatic carbocycles. The van der Waals surface area contributed by atoms with Gasteiger partial charge in [-0.1, -0.05) is 28.1 Å². The molecule has 82 valence electrons. The summed E-state index contributed by atoms with van der Waals surface area (Å²) >= 11 is 3.31. The van der Waals surface area contributed by atoms with Crippen LogP contribution in [-0.4, -0.2) is 24.8 Å². The molecule has 0 bridgehead atoms. The van der Waals surface area contributed by atoms with Crippen molar-refractivity contribution in [3.8, 4) is 0 Å². The summed E-state index contributed by atoms with van der Waals surface area (Å²) < 4.78 is 5.84. The fourth-order valence-corrected chi connectivity index (χ4v) is 1.63. The van der Waals surface area contributed by atoms with E-state index >= 15 is 0 Å². The van der Waals surface area contributed by atoms with E-state index in [0.717, 1.165) is 10.0 Å². The van der Waals surface area contributed by atoms with Crippen molar-refractivity contribution in [2.45, 2.75) is 12.3 Å². The minimum atomic E-state index is -0.811. The summed E-state index contributed by atoms with van der Waals surface area (Å²) in [4.78, 5) is 11.0. The molecular weight excluding hydrogens is 260 g/mol. The van der Waals surface area contributed by atoms with E-state index in [-0.39, 0.29) is 0 Å². The zero-order valence-electron chi connectivity index (χ0n) is 8.44. The first kappa shape index (κ1) is 12.2. The zero-order valence-corrected chi connectivity index (χ0v) is 10.0. The van der Waals surface area contributed by atoms with Gasteiger partial charge in [-0.05, 0) is 24.1 Å². The molecule has 0 saturated carbocycles. The average molecular weight is 273 g/mol. The summed E-state index contributed by atoms with van der Waals surface area (Å²) in [6, 6.07) is 7.33. The molecule has 1 aromatic rings. The van der Waals surface area contributed by atoms with Crippen molar-refractivity contribution in [1.82, 2.24) is 0 Å². The third-order valence-electron chi connectivity index (χ3n) is 2.18. The molecular formula is C11H13BrO3. The lowest BCUT2D eigenvalue weighted by Gasteiger charge is -2.11. The first-order chi connectivity index (χ1) is 7.15. The third-order valence-corrected chi connectivity index (χ3v) is 2.71. The molecule has 0 fully saturated rings. The lowest BCUT2D eigenvalue weighted by Crippen LogP contribution is -2.13. The van der Waals surface area contributed by atoms with Gasteiger partial charge in [-0.25, -0.2) is 0 Å². The molecule has 0 heterocycles. The highest BCUT2D eigenvalue weighted by Gasteiger charge is 2.18. The SMILES string of the molecule is COCCC(C(=O)O)c1ccc(Br)cc1. The number of hydrogen-bond donors (Lipinski definition) is 1. The molecule has 1 aromatic carbocycles. The first-order valence-electron chi connectivity index (χ1n) is 4.62. The smallest absolute Gasteiger partial charge is 0.311 e. The van der Waals surface area contributed by atoms with Crippen molar-refractivity contribution < 1.29 is 14.6 Å². The quantitative estimate of drug-likeness (QED) is 0.897. The van der Waals surface area contributed by atoms with Crippen LogP contribution in [-0.2, 0) is 9.53 Å². The van der Waals surface area contributed by atoms with Crippen LogP contribution >= 0.6 is 15.9 Å². The Morgan fingerprint density at radius 1 is 1.47 bits per heavy atom. The maximum absolute atomic E-state index is 11.0. The molecule has 0 aliphatic heterocycles. The van der Waals surface area contributed by atoms with E-state index in [4.69, 9.17) is 9.84 Å². The van der Waals surface area contributed by atoms with Gasteiger partial charge in [-0.3, -0.25) is 4.79 Å². The Labute approximate surface area is 97.2 Å². The Kier molecular flexibility index (Phi) is 4.78. The highest BCUT2D eigenvalue weighted by atomic mass is 79.9. The van der Waals surface area contributed by atoms with Gasteiger partial charge >= 0.3 is 5.97 Å². The van der Waals surface area contributed by atoms with Crippen LogP contribution in [0.4, 0.5) is 0 Å². The fraction of sp³-hybridized carbons (Fsp3) is 0.364. The van der Waals surface area contributed by atoms with Gasteiger partial charge in [-0.2, -0.15) is 0 Å². The molecule has 3 nitrogen and oxygen atoms in total. The van der Waals surface area contributed by atoms with Crippen LogP contribution in [0.3, 0.4) is 0 Å². The summed E-state index contributed by atoms with van der Waals surface area (Å²) in [6.07, 6.45) is 0.494. The van der Waals surface area contributed by atoms with Gasteiger partial charge < -0.3 is 9.84 Å². The molecule has 1 unspecified atom stereocenters. The number of carboxylic acid groups (broad SMARTS) is 1. The summed E-state index contributed by atoms with van der Waals surface area (Å²) in [7, 11) is 1.57. The van der Waals surface area contributed by atoms with Crippen LogP contribution in [0.1, 0.15) is 17.9 Å². The fourth-order valence-electron chi connectivity index (χ4n) is 1.36. The molecule has 1 N–H and O–H groups in total. The minimum absolute atomic E-state index is 0.451. The molecule has 0 aliphatic rings. The zero-order chi connectivity index (χ0) is 11.3. The Balaban J connectivity index is 2.79. The van der Waals surface area contributed by atoms with Crippen LogP contribution < -0.4 is 0 Å². The van der Waals surface area contributed by atoms with Gasteiger partial charge in [0.2, 0.25) is 0 Å². The second kappa shape index (κ2) is 5.88. The second-order valence-corrected chi connectivity index (χ2v) is 4.14. The van der Waals surface area contributed by atoms with E-state index in [0.29, 0.717) is 13.0 Å². The Bertz CT molecular complexity index is 321. The predicted octanol–water partition coefficient (Wildman–Crippen LogP) is 2.65. The topological polar surface area (TPSA) is 46.5 Å². The Morgan fingerprint density at radius 3 is 2.53 bits per heavy atom. The van der Waals surface area contributed by atoms with Crippen molar-refractivity contribution in [3.63, 3.8) is 0 Å². The highest BCUT2D eigenvalue weighted by Crippen LogP contribution is 2.22. The van der Waals surface area contributed by atoms with Crippen LogP contribution in [0.25, 0.3) is 0 Å².